The summed E-state index contributed by atoms with van der Waals surface area (Å²) in [4.78, 5) is 12.1. The number of alkyl halides is 3. The number of benzene rings is 2. The number of carbonyl (C=O) groups excluding carboxylic acids is 1. The maximum atomic E-state index is 12.8. The van der Waals surface area contributed by atoms with E-state index in [0.29, 0.717) is 17.7 Å². The van der Waals surface area contributed by atoms with Crippen molar-refractivity contribution in [2.24, 2.45) is 0 Å². The maximum absolute atomic E-state index is 12.8. The first kappa shape index (κ1) is 28.8. The Balaban J connectivity index is 1.36. The molecule has 1 aromatic heterocycles. The van der Waals surface area contributed by atoms with Gasteiger partial charge in [0.25, 0.3) is 0 Å². The van der Waals surface area contributed by atoms with E-state index in [1.54, 1.807) is 25.1 Å². The van der Waals surface area contributed by atoms with Crippen LogP contribution in [0, 0.1) is 0 Å². The minimum absolute atomic E-state index is 0.175. The number of para-hydroxylation sites is 1. The molecule has 0 saturated heterocycles. The van der Waals surface area contributed by atoms with Crippen molar-refractivity contribution in [3.63, 3.8) is 0 Å². The van der Waals surface area contributed by atoms with Gasteiger partial charge in [-0.05, 0) is 61.4 Å². The van der Waals surface area contributed by atoms with E-state index < -0.39 is 6.36 Å². The summed E-state index contributed by atoms with van der Waals surface area (Å²) in [7, 11) is 0. The van der Waals surface area contributed by atoms with Gasteiger partial charge in [-0.3, -0.25) is 0 Å². The fourth-order valence-corrected chi connectivity index (χ4v) is 5.36. The summed E-state index contributed by atoms with van der Waals surface area (Å²) in [5.41, 5.74) is 2.16. The summed E-state index contributed by atoms with van der Waals surface area (Å²) < 4.78 is 48.8. The highest BCUT2D eigenvalue weighted by molar-refractivity contribution is 7.22. The molecule has 0 radical (unpaired) electrons. The molecule has 0 bridgehead atoms. The lowest BCUT2D eigenvalue weighted by molar-refractivity contribution is -0.274. The van der Waals surface area contributed by atoms with Gasteiger partial charge in [0.2, 0.25) is 0 Å². The highest BCUT2D eigenvalue weighted by atomic mass is 32.1. The molecule has 0 amide bonds. The molecule has 0 saturated carbocycles. The van der Waals surface area contributed by atoms with E-state index in [-0.39, 0.29) is 11.7 Å². The molecule has 0 aliphatic heterocycles. The number of halogens is 3. The topological polar surface area (TPSA) is 35.5 Å². The van der Waals surface area contributed by atoms with Crippen molar-refractivity contribution in [2.75, 3.05) is 6.61 Å². The van der Waals surface area contributed by atoms with Crippen LogP contribution >= 0.6 is 11.3 Å². The number of thiophene rings is 1. The molecule has 1 heterocycles. The first-order valence-electron chi connectivity index (χ1n) is 12.9. The lowest BCUT2D eigenvalue weighted by Crippen LogP contribution is -2.17. The highest BCUT2D eigenvalue weighted by Crippen LogP contribution is 2.40. The maximum Gasteiger partial charge on any atom is 0.573 e. The van der Waals surface area contributed by atoms with Crippen molar-refractivity contribution in [3.8, 4) is 16.2 Å². The summed E-state index contributed by atoms with van der Waals surface area (Å²) in [5, 5.41) is 1.03. The van der Waals surface area contributed by atoms with Gasteiger partial charge < -0.3 is 9.47 Å². The Morgan fingerprint density at radius 1 is 0.892 bits per heavy atom. The molecule has 0 spiro atoms. The van der Waals surface area contributed by atoms with Crippen molar-refractivity contribution >= 4 is 27.4 Å². The number of unbranched alkanes of at least 4 members (excludes halogenated alkanes) is 8. The van der Waals surface area contributed by atoms with E-state index in [4.69, 9.17) is 4.74 Å². The van der Waals surface area contributed by atoms with Gasteiger partial charge in [-0.15, -0.1) is 24.5 Å². The average molecular weight is 533 g/mol. The van der Waals surface area contributed by atoms with E-state index >= 15 is 0 Å². The number of aryl methyl sites for hydroxylation is 1. The molecule has 7 heteroatoms. The number of hydrogen-bond donors (Lipinski definition) is 0. The molecule has 3 aromatic rings. The lowest BCUT2D eigenvalue weighted by atomic mass is 10.0. The molecule has 37 heavy (non-hydrogen) atoms. The average Bonchev–Trinajstić information content (AvgIpc) is 3.27. The first-order chi connectivity index (χ1) is 17.7. The van der Waals surface area contributed by atoms with Gasteiger partial charge in [-0.2, -0.15) is 0 Å². The number of fused-ring (bicyclic) bond motifs is 1. The first-order valence-corrected chi connectivity index (χ1v) is 13.7. The monoisotopic (exact) mass is 532 g/mol. The molecule has 2 aromatic carbocycles. The molecule has 3 rings (SSSR count). The minimum Gasteiger partial charge on any atom is -0.462 e. The van der Waals surface area contributed by atoms with Crippen LogP contribution in [0.5, 0.6) is 5.75 Å². The predicted molar refractivity (Wildman–Crippen MR) is 145 cm³/mol. The number of carbonyl (C=O) groups is 1. The van der Waals surface area contributed by atoms with Crippen LogP contribution < -0.4 is 4.74 Å². The van der Waals surface area contributed by atoms with Gasteiger partial charge in [0.1, 0.15) is 5.75 Å². The van der Waals surface area contributed by atoms with Crippen LogP contribution in [-0.2, 0) is 16.0 Å². The van der Waals surface area contributed by atoms with Crippen LogP contribution in [0.4, 0.5) is 13.2 Å². The van der Waals surface area contributed by atoms with Crippen molar-refractivity contribution in [1.29, 1.82) is 0 Å². The summed E-state index contributed by atoms with van der Waals surface area (Å²) in [6.45, 7) is 5.70. The second kappa shape index (κ2) is 14.2. The van der Waals surface area contributed by atoms with E-state index in [2.05, 4.69) is 29.5 Å². The second-order valence-electron chi connectivity index (χ2n) is 9.38. The normalized spacial score (nSPS) is 11.6. The summed E-state index contributed by atoms with van der Waals surface area (Å²) in [6, 6.07) is 14.5. The zero-order chi connectivity index (χ0) is 26.7. The number of hydrogen-bond acceptors (Lipinski definition) is 4. The molecule has 0 aliphatic carbocycles. The summed E-state index contributed by atoms with van der Waals surface area (Å²) in [5.74, 6) is -0.480. The molecule has 0 aliphatic rings. The standard InChI is InChI=1S/C30H35F3O3S/c1-22(2)29(34)35-19-13-9-7-5-3-4-6-8-10-14-23-17-18-24-21-28(37-27(24)20-23)25-15-11-12-16-26(25)36-30(31,32)33/h11-12,15-18,20-21H,1,3-10,13-14,19H2,2H3. The molecular formula is C30H35F3O3S. The van der Waals surface area contributed by atoms with Crippen molar-refractivity contribution in [3.05, 3.63) is 66.2 Å². The fourth-order valence-electron chi connectivity index (χ4n) is 4.20. The van der Waals surface area contributed by atoms with Crippen LogP contribution in [0.2, 0.25) is 0 Å². The van der Waals surface area contributed by atoms with Gasteiger partial charge in [-0.1, -0.05) is 75.8 Å². The molecule has 3 nitrogen and oxygen atoms in total. The summed E-state index contributed by atoms with van der Waals surface area (Å²) >= 11 is 1.49. The molecule has 0 unspecified atom stereocenters. The van der Waals surface area contributed by atoms with Gasteiger partial charge in [0.05, 0.1) is 6.61 Å². The van der Waals surface area contributed by atoms with Crippen LogP contribution in [0.3, 0.4) is 0 Å². The van der Waals surface area contributed by atoms with Crippen LogP contribution in [0.15, 0.2) is 60.7 Å². The fraction of sp³-hybridized carbons (Fsp3) is 0.433. The van der Waals surface area contributed by atoms with Crippen LogP contribution in [-0.4, -0.2) is 18.9 Å². The third kappa shape index (κ3) is 9.88. The highest BCUT2D eigenvalue weighted by Gasteiger charge is 2.32. The number of rotatable bonds is 15. The van der Waals surface area contributed by atoms with Crippen molar-refractivity contribution in [2.45, 2.75) is 77.5 Å². The van der Waals surface area contributed by atoms with Gasteiger partial charge in [-0.25, -0.2) is 4.79 Å². The molecular weight excluding hydrogens is 497 g/mol. The van der Waals surface area contributed by atoms with E-state index in [1.807, 2.05) is 6.07 Å². The minimum atomic E-state index is -4.72. The van der Waals surface area contributed by atoms with Crippen molar-refractivity contribution < 1.29 is 27.4 Å². The second-order valence-corrected chi connectivity index (χ2v) is 10.5. The molecule has 200 valence electrons. The third-order valence-electron chi connectivity index (χ3n) is 6.15. The molecule has 0 fully saturated rings. The van der Waals surface area contributed by atoms with Gasteiger partial charge in [0.15, 0.2) is 0 Å². The van der Waals surface area contributed by atoms with E-state index in [0.717, 1.165) is 40.6 Å². The zero-order valence-electron chi connectivity index (χ0n) is 21.4. The Kier molecular flexibility index (Phi) is 11.1. The van der Waals surface area contributed by atoms with Gasteiger partial charge >= 0.3 is 12.3 Å². The quantitative estimate of drug-likeness (QED) is 0.111. The number of ether oxygens (including phenoxy) is 2. The molecule has 0 atom stereocenters. The van der Waals surface area contributed by atoms with Gasteiger partial charge in [0, 0.05) is 20.7 Å². The smallest absolute Gasteiger partial charge is 0.462 e. The Morgan fingerprint density at radius 2 is 1.54 bits per heavy atom. The SMILES string of the molecule is C=C(C)C(=O)OCCCCCCCCCCCc1ccc2cc(-c3ccccc3OC(F)(F)F)sc2c1. The van der Waals surface area contributed by atoms with Crippen LogP contribution in [0.1, 0.15) is 70.3 Å². The Bertz CT molecular complexity index is 1170. The summed E-state index contributed by atoms with van der Waals surface area (Å²) in [6.07, 6.45) is 6.64. The Labute approximate surface area is 221 Å². The predicted octanol–water partition coefficient (Wildman–Crippen LogP) is 9.64. The zero-order valence-corrected chi connectivity index (χ0v) is 22.2. The van der Waals surface area contributed by atoms with Crippen LogP contribution in [0.25, 0.3) is 20.5 Å². The third-order valence-corrected chi connectivity index (χ3v) is 7.29. The number of esters is 1. The largest absolute Gasteiger partial charge is 0.573 e. The van der Waals surface area contributed by atoms with E-state index in [9.17, 15) is 18.0 Å². The Morgan fingerprint density at radius 3 is 2.22 bits per heavy atom. The lowest BCUT2D eigenvalue weighted by Gasteiger charge is -2.11. The molecule has 0 N–H and O–H groups in total. The van der Waals surface area contributed by atoms with E-state index in [1.165, 1.54) is 61.5 Å². The Hall–Kier alpha value is -2.80. The van der Waals surface area contributed by atoms with Crippen molar-refractivity contribution in [1.82, 2.24) is 0 Å².